The van der Waals surface area contributed by atoms with E-state index in [9.17, 15) is 19.5 Å². The van der Waals surface area contributed by atoms with Gasteiger partial charge in [0, 0.05) is 41.9 Å². The average Bonchev–Trinajstić information content (AvgIpc) is 3.75. The normalized spacial score (nSPS) is 29.7. The molecule has 6 rings (SSSR count). The van der Waals surface area contributed by atoms with Crippen LogP contribution in [0.2, 0.25) is 0 Å². The maximum Gasteiger partial charge on any atom is 0.313 e. The number of anilines is 2. The van der Waals surface area contributed by atoms with Crippen molar-refractivity contribution < 1.29 is 33.8 Å². The van der Waals surface area contributed by atoms with Gasteiger partial charge in [0.15, 0.2) is 0 Å². The van der Waals surface area contributed by atoms with Crippen LogP contribution in [-0.4, -0.2) is 90.3 Å². The van der Waals surface area contributed by atoms with Crippen LogP contribution in [0, 0.1) is 17.8 Å². The molecule has 8 atom stereocenters. The van der Waals surface area contributed by atoms with Crippen molar-refractivity contribution in [3.63, 3.8) is 0 Å². The van der Waals surface area contributed by atoms with Gasteiger partial charge in [0.25, 0.3) is 5.91 Å². The highest BCUT2D eigenvalue weighted by molar-refractivity contribution is 9.11. The van der Waals surface area contributed by atoms with E-state index in [1.807, 2.05) is 80.6 Å². The summed E-state index contributed by atoms with van der Waals surface area (Å²) >= 11 is 3.63. The van der Waals surface area contributed by atoms with Gasteiger partial charge >= 0.3 is 5.97 Å². The predicted molar refractivity (Wildman–Crippen MR) is 202 cm³/mol. The van der Waals surface area contributed by atoms with Gasteiger partial charge in [-0.3, -0.25) is 19.2 Å². The highest BCUT2D eigenvalue weighted by Gasteiger charge is 2.75. The third kappa shape index (κ3) is 6.80. The van der Waals surface area contributed by atoms with Gasteiger partial charge in [-0.15, -0.1) is 0 Å². The summed E-state index contributed by atoms with van der Waals surface area (Å²) < 4.78 is 13.4. The number of amides is 3. The second-order valence-electron chi connectivity index (χ2n) is 14.0. The molecule has 12 heteroatoms. The molecule has 4 heterocycles. The quantitative estimate of drug-likeness (QED) is 0.272. The van der Waals surface area contributed by atoms with Gasteiger partial charge in [0.2, 0.25) is 11.8 Å². The Morgan fingerprint density at radius 3 is 2.37 bits per heavy atom. The van der Waals surface area contributed by atoms with Gasteiger partial charge in [-0.2, -0.15) is 0 Å². The molecule has 1 spiro atoms. The number of allylic oxidation sites excluding steroid dienone is 1. The molecular weight excluding hydrogens is 728 g/mol. The van der Waals surface area contributed by atoms with E-state index in [-0.39, 0.29) is 37.9 Å². The second kappa shape index (κ2) is 15.9. The number of ether oxygens (including phenoxy) is 2. The van der Waals surface area contributed by atoms with Crippen LogP contribution < -0.4 is 15.1 Å². The van der Waals surface area contributed by atoms with Gasteiger partial charge in [-0.1, -0.05) is 78.7 Å². The minimum Gasteiger partial charge on any atom is -0.455 e. The Bertz CT molecular complexity index is 1700. The second-order valence-corrected chi connectivity index (χ2v) is 14.9. The number of halogens is 1. The lowest BCUT2D eigenvalue weighted by atomic mass is 9.74. The number of nitrogens with one attached hydrogen (secondary N) is 1. The number of cyclic esters (lactones) is 1. The molecule has 2 saturated heterocycles. The lowest BCUT2D eigenvalue weighted by molar-refractivity contribution is -0.160. The number of likely N-dealkylation sites (tertiary alicyclic amines) is 1. The van der Waals surface area contributed by atoms with Gasteiger partial charge in [-0.25, -0.2) is 0 Å². The molecule has 2 aromatic carbocycles. The van der Waals surface area contributed by atoms with Gasteiger partial charge < -0.3 is 34.6 Å². The Morgan fingerprint density at radius 1 is 1.00 bits per heavy atom. The van der Waals surface area contributed by atoms with Crippen molar-refractivity contribution in [1.82, 2.24) is 10.2 Å². The van der Waals surface area contributed by atoms with Gasteiger partial charge in [0.05, 0.1) is 25.1 Å². The first-order valence-corrected chi connectivity index (χ1v) is 19.2. The maximum absolute atomic E-state index is 15.3. The Hall–Kier alpha value is -4.00. The Balaban J connectivity index is 1.48. The number of aliphatic hydroxyl groups is 1. The maximum atomic E-state index is 15.3. The predicted octanol–water partition coefficient (Wildman–Crippen LogP) is 4.90. The summed E-state index contributed by atoms with van der Waals surface area (Å²) in [6.07, 6.45) is 5.09. The molecular formula is C40H49BrN4O7. The number of fused-ring (bicyclic) bond motifs is 2. The number of carbonyl (C=O) groups excluding carboxylic acids is 4. The number of esters is 1. The number of carbonyl (C=O) groups is 4. The molecule has 278 valence electrons. The van der Waals surface area contributed by atoms with Crippen LogP contribution in [0.4, 0.5) is 11.4 Å². The molecule has 52 heavy (non-hydrogen) atoms. The Labute approximate surface area is 314 Å². The molecule has 3 amide bonds. The van der Waals surface area contributed by atoms with Crippen LogP contribution in [0.1, 0.15) is 58.6 Å². The van der Waals surface area contributed by atoms with Crippen molar-refractivity contribution in [3.05, 3.63) is 82.9 Å². The zero-order valence-corrected chi connectivity index (χ0v) is 31.8. The van der Waals surface area contributed by atoms with Crippen LogP contribution in [0.15, 0.2) is 77.3 Å². The van der Waals surface area contributed by atoms with E-state index in [0.717, 1.165) is 18.8 Å². The van der Waals surface area contributed by atoms with Crippen LogP contribution in [-0.2, 0) is 28.7 Å². The summed E-state index contributed by atoms with van der Waals surface area (Å²) in [5, 5.41) is 13.7. The van der Waals surface area contributed by atoms with E-state index in [2.05, 4.69) is 40.0 Å². The number of rotatable bonds is 9. The minimum absolute atomic E-state index is 0.0441. The van der Waals surface area contributed by atoms with E-state index < -0.39 is 59.5 Å². The molecule has 4 aliphatic rings. The zero-order valence-electron chi connectivity index (χ0n) is 30.2. The van der Waals surface area contributed by atoms with E-state index >= 15 is 4.79 Å². The molecule has 0 aliphatic carbocycles. The summed E-state index contributed by atoms with van der Waals surface area (Å²) in [7, 11) is 0. The van der Waals surface area contributed by atoms with Crippen LogP contribution in [0.3, 0.4) is 0 Å². The van der Waals surface area contributed by atoms with Crippen molar-refractivity contribution in [3.8, 4) is 0 Å². The van der Waals surface area contributed by atoms with Crippen LogP contribution in [0.5, 0.6) is 0 Å². The first-order chi connectivity index (χ1) is 25.1. The molecule has 2 N–H and O–H groups in total. The molecule has 0 saturated carbocycles. The van der Waals surface area contributed by atoms with Gasteiger partial charge in [0.1, 0.15) is 29.8 Å². The lowest BCUT2D eigenvalue weighted by Crippen LogP contribution is -2.59. The third-order valence-electron chi connectivity index (χ3n) is 11.2. The number of aliphatic hydroxyl groups excluding tert-OH is 1. The highest BCUT2D eigenvalue weighted by Crippen LogP contribution is 2.59. The zero-order chi connectivity index (χ0) is 37.2. The first kappa shape index (κ1) is 37.7. The number of hydrogen-bond acceptors (Lipinski definition) is 8. The summed E-state index contributed by atoms with van der Waals surface area (Å²) in [6, 6.07) is 15.0. The molecule has 2 aromatic rings. The number of benzene rings is 2. The SMILES string of the molecule is CC[C@H](C)[C@H](CO)N1C(=O)[C@@H]2[C@H]3C(=O)O[C@@H](c4ccccc4)CNC(=O)CC/C=C\CN(c4ccc(N(CC)CC)cc4)C(=O)[C@@H]1[C@]21C=C(Br)[C@H]3O1. The molecule has 2 fully saturated rings. The summed E-state index contributed by atoms with van der Waals surface area (Å²) in [5.74, 6) is -4.02. The monoisotopic (exact) mass is 776 g/mol. The average molecular weight is 778 g/mol. The smallest absolute Gasteiger partial charge is 0.313 e. The highest BCUT2D eigenvalue weighted by atomic mass is 79.9. The van der Waals surface area contributed by atoms with E-state index in [4.69, 9.17) is 9.47 Å². The largest absolute Gasteiger partial charge is 0.455 e. The van der Waals surface area contributed by atoms with Crippen molar-refractivity contribution in [2.24, 2.45) is 17.8 Å². The number of hydrogen-bond donors (Lipinski definition) is 2. The van der Waals surface area contributed by atoms with Crippen molar-refractivity contribution in [2.75, 3.05) is 42.6 Å². The Morgan fingerprint density at radius 2 is 1.71 bits per heavy atom. The third-order valence-corrected chi connectivity index (χ3v) is 11.9. The summed E-state index contributed by atoms with van der Waals surface area (Å²) in [4.78, 5) is 62.9. The topological polar surface area (TPSA) is 129 Å². The first-order valence-electron chi connectivity index (χ1n) is 18.4. The van der Waals surface area contributed by atoms with Crippen molar-refractivity contribution in [2.45, 2.75) is 76.9 Å². The molecule has 0 radical (unpaired) electrons. The summed E-state index contributed by atoms with van der Waals surface area (Å²) in [6.45, 7) is 9.58. The molecule has 0 aromatic heterocycles. The fourth-order valence-corrected chi connectivity index (χ4v) is 8.94. The van der Waals surface area contributed by atoms with Gasteiger partial charge in [-0.05, 0) is 62.1 Å². The van der Waals surface area contributed by atoms with E-state index in [0.29, 0.717) is 28.6 Å². The van der Waals surface area contributed by atoms with Crippen molar-refractivity contribution in [1.29, 1.82) is 0 Å². The fraction of sp³-hybridized carbons (Fsp3) is 0.500. The molecule has 11 nitrogen and oxygen atoms in total. The minimum atomic E-state index is -1.50. The van der Waals surface area contributed by atoms with Crippen LogP contribution >= 0.6 is 15.9 Å². The lowest BCUT2D eigenvalue weighted by Gasteiger charge is -2.40. The van der Waals surface area contributed by atoms with Crippen molar-refractivity contribution >= 4 is 51.0 Å². The van der Waals surface area contributed by atoms with E-state index in [1.165, 1.54) is 4.90 Å². The summed E-state index contributed by atoms with van der Waals surface area (Å²) in [5.41, 5.74) is 0.821. The standard InChI is InChI=1S/C40H49BrN4O7/c1-5-25(4)30(24-46)45-36-38(49)44(28-19-17-27(18-20-28)43(6-2)7-3)21-13-9-12-16-32(47)42-23-31(26-14-10-8-11-15-26)51-39(50)33-34(37(45)48)40(36)22-29(41)35(33)52-40/h8-11,13-15,17-20,22,25,30-31,33-36,46H,5-7,12,16,21,23-24H2,1-4H3,(H,42,47)/b13-9-/t25-,30-,31+,33+,34-,35+,36+,40-/m0/s1. The molecule has 5 bridgehead atoms. The fourth-order valence-electron chi connectivity index (χ4n) is 8.20. The van der Waals surface area contributed by atoms with E-state index in [1.54, 1.807) is 11.0 Å². The number of nitrogens with zero attached hydrogens (tertiary/aromatic N) is 3. The Kier molecular flexibility index (Phi) is 11.6. The molecule has 4 aliphatic heterocycles. The molecule has 0 unspecified atom stereocenters. The van der Waals surface area contributed by atoms with Crippen LogP contribution in [0.25, 0.3) is 0 Å².